The first-order valence-corrected chi connectivity index (χ1v) is 8.10. The third-order valence-corrected chi connectivity index (χ3v) is 3.34. The fourth-order valence-corrected chi connectivity index (χ4v) is 2.06. The summed E-state index contributed by atoms with van der Waals surface area (Å²) >= 11 is 0. The molecule has 2 aromatic rings. The van der Waals surface area contributed by atoms with Crippen LogP contribution in [0.5, 0.6) is 0 Å². The highest BCUT2D eigenvalue weighted by molar-refractivity contribution is 5.96. The molecule has 1 N–H and O–H groups in total. The zero-order chi connectivity index (χ0) is 19.8. The Kier molecular flexibility index (Phi) is 6.99. The number of anilines is 1. The van der Waals surface area contributed by atoms with E-state index in [1.807, 2.05) is 6.92 Å². The lowest BCUT2D eigenvalue weighted by Gasteiger charge is -2.08. The molecule has 0 unspecified atom stereocenters. The first-order chi connectivity index (χ1) is 12.9. The number of amides is 1. The van der Waals surface area contributed by atoms with E-state index in [0.717, 1.165) is 18.2 Å². The molecule has 6 nitrogen and oxygen atoms in total. The quantitative estimate of drug-likeness (QED) is 0.749. The maximum Gasteiger partial charge on any atom is 0.344 e. The largest absolute Gasteiger partial charge is 0.462 e. The summed E-state index contributed by atoms with van der Waals surface area (Å²) in [6.45, 7) is 1.46. The maximum atomic E-state index is 13.5. The number of carbonyl (C=O) groups excluding carboxylic acids is 3. The minimum Gasteiger partial charge on any atom is -0.462 e. The van der Waals surface area contributed by atoms with Gasteiger partial charge in [-0.3, -0.25) is 4.79 Å². The Morgan fingerprint density at radius 1 is 0.926 bits per heavy atom. The highest BCUT2D eigenvalue weighted by atomic mass is 19.1. The van der Waals surface area contributed by atoms with Gasteiger partial charge in [0, 0.05) is 5.69 Å². The van der Waals surface area contributed by atoms with E-state index in [1.54, 1.807) is 0 Å². The van der Waals surface area contributed by atoms with Crippen molar-refractivity contribution < 1.29 is 32.6 Å². The SMILES string of the molecule is CCCOC(=O)c1ccc(NC(=O)COC(=O)c2c(F)cccc2F)cc1. The van der Waals surface area contributed by atoms with Crippen LogP contribution in [0.1, 0.15) is 34.1 Å². The molecular formula is C19H17F2NO5. The molecule has 27 heavy (non-hydrogen) atoms. The van der Waals surface area contributed by atoms with Crippen molar-refractivity contribution in [3.05, 3.63) is 65.2 Å². The smallest absolute Gasteiger partial charge is 0.344 e. The van der Waals surface area contributed by atoms with Crippen LogP contribution in [-0.4, -0.2) is 31.1 Å². The predicted molar refractivity (Wildman–Crippen MR) is 92.3 cm³/mol. The summed E-state index contributed by atoms with van der Waals surface area (Å²) in [7, 11) is 0. The fraction of sp³-hybridized carbons (Fsp3) is 0.211. The monoisotopic (exact) mass is 377 g/mol. The van der Waals surface area contributed by atoms with Crippen molar-refractivity contribution in [2.24, 2.45) is 0 Å². The molecule has 0 saturated carbocycles. The van der Waals surface area contributed by atoms with Crippen LogP contribution >= 0.6 is 0 Å². The van der Waals surface area contributed by atoms with Crippen molar-refractivity contribution in [2.45, 2.75) is 13.3 Å². The Hall–Kier alpha value is -3.29. The predicted octanol–water partition coefficient (Wildman–Crippen LogP) is 3.33. The van der Waals surface area contributed by atoms with Gasteiger partial charge in [-0.25, -0.2) is 18.4 Å². The molecule has 0 saturated heterocycles. The average molecular weight is 377 g/mol. The van der Waals surface area contributed by atoms with Crippen LogP contribution in [0.4, 0.5) is 14.5 Å². The van der Waals surface area contributed by atoms with Crippen molar-refractivity contribution in [1.29, 1.82) is 0 Å². The molecule has 0 aromatic heterocycles. The molecule has 1 amide bonds. The number of esters is 2. The normalized spacial score (nSPS) is 10.2. The standard InChI is InChI=1S/C19H17F2NO5/c1-2-10-26-18(24)12-6-8-13(9-7-12)22-16(23)11-27-19(25)17-14(20)4-3-5-15(17)21/h3-9H,2,10-11H2,1H3,(H,22,23). The molecule has 0 spiro atoms. The number of ether oxygens (including phenoxy) is 2. The van der Waals surface area contributed by atoms with E-state index in [0.29, 0.717) is 24.3 Å². The van der Waals surface area contributed by atoms with Gasteiger partial charge in [0.25, 0.3) is 5.91 Å². The van der Waals surface area contributed by atoms with E-state index in [1.165, 1.54) is 24.3 Å². The minimum atomic E-state index is -1.28. The summed E-state index contributed by atoms with van der Waals surface area (Å²) in [6.07, 6.45) is 0.704. The second kappa shape index (κ2) is 9.42. The van der Waals surface area contributed by atoms with Gasteiger partial charge in [0.15, 0.2) is 6.61 Å². The number of carbonyl (C=O) groups is 3. The molecule has 0 aliphatic rings. The zero-order valence-electron chi connectivity index (χ0n) is 14.5. The molecular weight excluding hydrogens is 360 g/mol. The number of halogens is 2. The lowest BCUT2D eigenvalue weighted by atomic mass is 10.2. The van der Waals surface area contributed by atoms with Gasteiger partial charge in [0.05, 0.1) is 12.2 Å². The molecule has 2 aromatic carbocycles. The van der Waals surface area contributed by atoms with E-state index in [-0.39, 0.29) is 0 Å². The first kappa shape index (κ1) is 20.0. The van der Waals surface area contributed by atoms with Gasteiger partial charge >= 0.3 is 11.9 Å². The second-order valence-corrected chi connectivity index (χ2v) is 5.43. The molecule has 0 bridgehead atoms. The third-order valence-electron chi connectivity index (χ3n) is 3.34. The number of nitrogens with one attached hydrogen (secondary N) is 1. The van der Waals surface area contributed by atoms with Gasteiger partial charge < -0.3 is 14.8 Å². The van der Waals surface area contributed by atoms with Crippen LogP contribution in [0, 0.1) is 11.6 Å². The van der Waals surface area contributed by atoms with Crippen LogP contribution < -0.4 is 5.32 Å². The molecule has 0 heterocycles. The Morgan fingerprint density at radius 2 is 1.56 bits per heavy atom. The Balaban J connectivity index is 1.88. The number of hydrogen-bond acceptors (Lipinski definition) is 5. The van der Waals surface area contributed by atoms with E-state index in [9.17, 15) is 23.2 Å². The van der Waals surface area contributed by atoms with Crippen molar-refractivity contribution in [3.63, 3.8) is 0 Å². The Labute approximate surface area is 154 Å². The number of rotatable bonds is 7. The summed E-state index contributed by atoms with van der Waals surface area (Å²) in [5.41, 5.74) is -0.191. The third kappa shape index (κ3) is 5.60. The van der Waals surface area contributed by atoms with Gasteiger partial charge in [-0.15, -0.1) is 0 Å². The van der Waals surface area contributed by atoms with Crippen molar-refractivity contribution in [3.8, 4) is 0 Å². The fourth-order valence-electron chi connectivity index (χ4n) is 2.06. The topological polar surface area (TPSA) is 81.7 Å². The lowest BCUT2D eigenvalue weighted by molar-refractivity contribution is -0.119. The maximum absolute atomic E-state index is 13.5. The van der Waals surface area contributed by atoms with Gasteiger partial charge in [0.2, 0.25) is 0 Å². The van der Waals surface area contributed by atoms with E-state index in [4.69, 9.17) is 4.74 Å². The molecule has 0 aliphatic heterocycles. The summed E-state index contributed by atoms with van der Waals surface area (Å²) in [5, 5.41) is 2.43. The Bertz CT molecular complexity index is 816. The first-order valence-electron chi connectivity index (χ1n) is 8.10. The Morgan fingerprint density at radius 3 is 2.15 bits per heavy atom. The van der Waals surface area contributed by atoms with Crippen LogP contribution in [0.2, 0.25) is 0 Å². The molecule has 142 valence electrons. The highest BCUT2D eigenvalue weighted by Gasteiger charge is 2.19. The van der Waals surface area contributed by atoms with Crippen LogP contribution in [0.25, 0.3) is 0 Å². The summed E-state index contributed by atoms with van der Waals surface area (Å²) in [6, 6.07) is 8.80. The van der Waals surface area contributed by atoms with Gasteiger partial charge in [0.1, 0.15) is 17.2 Å². The van der Waals surface area contributed by atoms with E-state index < -0.39 is 41.7 Å². The number of benzene rings is 2. The molecule has 0 radical (unpaired) electrons. The van der Waals surface area contributed by atoms with Crippen LogP contribution in [-0.2, 0) is 14.3 Å². The van der Waals surface area contributed by atoms with E-state index in [2.05, 4.69) is 10.1 Å². The van der Waals surface area contributed by atoms with Crippen molar-refractivity contribution in [1.82, 2.24) is 0 Å². The van der Waals surface area contributed by atoms with Gasteiger partial charge in [-0.05, 0) is 42.8 Å². The molecule has 2 rings (SSSR count). The van der Waals surface area contributed by atoms with Crippen molar-refractivity contribution >= 4 is 23.5 Å². The lowest BCUT2D eigenvalue weighted by Crippen LogP contribution is -2.22. The number of hydrogen-bond donors (Lipinski definition) is 1. The molecule has 8 heteroatoms. The second-order valence-electron chi connectivity index (χ2n) is 5.43. The average Bonchev–Trinajstić information content (AvgIpc) is 2.65. The minimum absolute atomic E-state index is 0.311. The highest BCUT2D eigenvalue weighted by Crippen LogP contribution is 2.14. The van der Waals surface area contributed by atoms with Gasteiger partial charge in [-0.2, -0.15) is 0 Å². The molecule has 0 fully saturated rings. The van der Waals surface area contributed by atoms with Crippen LogP contribution in [0.3, 0.4) is 0 Å². The molecule has 0 aliphatic carbocycles. The molecule has 0 atom stereocenters. The van der Waals surface area contributed by atoms with Crippen LogP contribution in [0.15, 0.2) is 42.5 Å². The summed E-state index contributed by atoms with van der Waals surface area (Å²) in [5.74, 6) is -4.62. The van der Waals surface area contributed by atoms with Gasteiger partial charge in [-0.1, -0.05) is 13.0 Å². The van der Waals surface area contributed by atoms with E-state index >= 15 is 0 Å². The summed E-state index contributed by atoms with van der Waals surface area (Å²) < 4.78 is 36.6. The summed E-state index contributed by atoms with van der Waals surface area (Å²) in [4.78, 5) is 35.2. The zero-order valence-corrected chi connectivity index (χ0v) is 14.5. The van der Waals surface area contributed by atoms with Crippen molar-refractivity contribution in [2.75, 3.05) is 18.5 Å².